The maximum absolute atomic E-state index is 14.0. The van der Waals surface area contributed by atoms with E-state index in [0.717, 1.165) is 18.2 Å². The molecule has 126 valence electrons. The lowest BCUT2D eigenvalue weighted by Crippen LogP contribution is -2.35. The summed E-state index contributed by atoms with van der Waals surface area (Å²) in [4.78, 5) is 24.8. The van der Waals surface area contributed by atoms with Crippen LogP contribution in [0.4, 0.5) is 13.6 Å². The molecule has 7 heteroatoms. The van der Waals surface area contributed by atoms with Crippen molar-refractivity contribution in [2.45, 2.75) is 32.3 Å². The van der Waals surface area contributed by atoms with E-state index >= 15 is 0 Å². The van der Waals surface area contributed by atoms with Crippen LogP contribution in [-0.4, -0.2) is 40.8 Å². The highest BCUT2D eigenvalue weighted by molar-refractivity contribution is 5.76. The third-order valence-corrected chi connectivity index (χ3v) is 3.65. The van der Waals surface area contributed by atoms with Crippen LogP contribution in [0.2, 0.25) is 0 Å². The third-order valence-electron chi connectivity index (χ3n) is 3.65. The van der Waals surface area contributed by atoms with E-state index in [2.05, 4.69) is 0 Å². The number of amides is 1. The fraction of sp³-hybridized carbons (Fsp3) is 0.500. The molecule has 1 aliphatic rings. The minimum absolute atomic E-state index is 0.0355. The summed E-state index contributed by atoms with van der Waals surface area (Å²) >= 11 is 0. The minimum atomic E-state index is -1.16. The number of hydrogen-bond acceptors (Lipinski definition) is 3. The second-order valence-electron chi connectivity index (χ2n) is 6.60. The fourth-order valence-corrected chi connectivity index (χ4v) is 2.64. The molecule has 1 aliphatic heterocycles. The van der Waals surface area contributed by atoms with E-state index in [1.807, 2.05) is 0 Å². The van der Waals surface area contributed by atoms with Crippen molar-refractivity contribution in [1.29, 1.82) is 0 Å². The van der Waals surface area contributed by atoms with Gasteiger partial charge in [-0.3, -0.25) is 4.79 Å². The number of carbonyl (C=O) groups excluding carboxylic acids is 1. The first kappa shape index (κ1) is 17.2. The lowest BCUT2D eigenvalue weighted by atomic mass is 9.88. The van der Waals surface area contributed by atoms with Crippen LogP contribution in [0.1, 0.15) is 32.3 Å². The second-order valence-corrected chi connectivity index (χ2v) is 6.60. The molecule has 5 nitrogen and oxygen atoms in total. The van der Waals surface area contributed by atoms with Gasteiger partial charge in [0.2, 0.25) is 0 Å². The zero-order valence-electron chi connectivity index (χ0n) is 13.2. The molecule has 0 aliphatic carbocycles. The molecule has 0 aromatic heterocycles. The summed E-state index contributed by atoms with van der Waals surface area (Å²) in [7, 11) is 0. The number of hydrogen-bond donors (Lipinski definition) is 1. The molecule has 23 heavy (non-hydrogen) atoms. The number of carbonyl (C=O) groups is 2. The number of halogens is 2. The number of rotatable bonds is 2. The molecule has 0 bridgehead atoms. The Morgan fingerprint density at radius 2 is 1.91 bits per heavy atom. The maximum atomic E-state index is 14.0. The minimum Gasteiger partial charge on any atom is -0.481 e. The third kappa shape index (κ3) is 3.97. The molecule has 1 N–H and O–H groups in total. The van der Waals surface area contributed by atoms with Crippen molar-refractivity contribution in [3.63, 3.8) is 0 Å². The normalized spacial score (nSPS) is 21.3. The summed E-state index contributed by atoms with van der Waals surface area (Å²) in [5, 5.41) is 9.34. The van der Waals surface area contributed by atoms with Crippen molar-refractivity contribution in [2.75, 3.05) is 13.1 Å². The zero-order chi connectivity index (χ0) is 17.4. The molecular formula is C16H19F2NO4. The monoisotopic (exact) mass is 327 g/mol. The average Bonchev–Trinajstić information content (AvgIpc) is 2.85. The first-order chi connectivity index (χ1) is 10.6. The summed E-state index contributed by atoms with van der Waals surface area (Å²) in [5.41, 5.74) is -0.763. The van der Waals surface area contributed by atoms with Crippen LogP contribution in [0.25, 0.3) is 0 Å². The van der Waals surface area contributed by atoms with Crippen molar-refractivity contribution >= 4 is 12.1 Å². The van der Waals surface area contributed by atoms with Crippen LogP contribution in [0.3, 0.4) is 0 Å². The predicted octanol–water partition coefficient (Wildman–Crippen LogP) is 3.00. The SMILES string of the molecule is CC(C)(C)OC(=O)N1CC(C(=O)O)C(c2cc(F)ccc2F)C1. The van der Waals surface area contributed by atoms with E-state index in [4.69, 9.17) is 4.74 Å². The number of carboxylic acids is 1. The van der Waals surface area contributed by atoms with Crippen LogP contribution < -0.4 is 0 Å². The number of benzene rings is 1. The molecule has 2 rings (SSSR count). The highest BCUT2D eigenvalue weighted by atomic mass is 19.1. The van der Waals surface area contributed by atoms with Crippen LogP contribution in [0.5, 0.6) is 0 Å². The standard InChI is InChI=1S/C16H19F2NO4/c1-16(2,3)23-15(22)19-7-11(12(8-19)14(20)21)10-6-9(17)4-5-13(10)18/h4-6,11-12H,7-8H2,1-3H3,(H,20,21). The largest absolute Gasteiger partial charge is 0.481 e. The van der Waals surface area contributed by atoms with Crippen molar-refractivity contribution in [2.24, 2.45) is 5.92 Å². The predicted molar refractivity (Wildman–Crippen MR) is 78.0 cm³/mol. The number of ether oxygens (including phenoxy) is 1. The van der Waals surface area contributed by atoms with Gasteiger partial charge in [0.15, 0.2) is 0 Å². The highest BCUT2D eigenvalue weighted by Crippen LogP contribution is 2.35. The highest BCUT2D eigenvalue weighted by Gasteiger charge is 2.42. The smallest absolute Gasteiger partial charge is 0.410 e. The van der Waals surface area contributed by atoms with E-state index in [1.54, 1.807) is 20.8 Å². The fourth-order valence-electron chi connectivity index (χ4n) is 2.64. The summed E-state index contributed by atoms with van der Waals surface area (Å²) in [6.45, 7) is 4.94. The Morgan fingerprint density at radius 1 is 1.26 bits per heavy atom. The van der Waals surface area contributed by atoms with Gasteiger partial charge in [-0.25, -0.2) is 13.6 Å². The Balaban J connectivity index is 2.27. The molecule has 1 aromatic rings. The van der Waals surface area contributed by atoms with E-state index in [0.29, 0.717) is 0 Å². The van der Waals surface area contributed by atoms with Crippen molar-refractivity contribution in [1.82, 2.24) is 4.90 Å². The summed E-state index contributed by atoms with van der Waals surface area (Å²) in [6, 6.07) is 2.91. The van der Waals surface area contributed by atoms with Crippen molar-refractivity contribution in [3.8, 4) is 0 Å². The van der Waals surface area contributed by atoms with Gasteiger partial charge in [-0.1, -0.05) is 0 Å². The van der Waals surface area contributed by atoms with Gasteiger partial charge in [0.1, 0.15) is 17.2 Å². The van der Waals surface area contributed by atoms with Crippen molar-refractivity contribution in [3.05, 3.63) is 35.4 Å². The summed E-state index contributed by atoms with van der Waals surface area (Å²) in [6.07, 6.45) is -0.664. The Bertz CT molecular complexity index is 627. The molecular weight excluding hydrogens is 308 g/mol. The number of likely N-dealkylation sites (tertiary alicyclic amines) is 1. The van der Waals surface area contributed by atoms with Gasteiger partial charge in [0, 0.05) is 19.0 Å². The molecule has 1 saturated heterocycles. The average molecular weight is 327 g/mol. The van der Waals surface area contributed by atoms with Gasteiger partial charge in [-0.05, 0) is 44.5 Å². The first-order valence-electron chi connectivity index (χ1n) is 7.24. The molecule has 2 unspecified atom stereocenters. The molecule has 0 radical (unpaired) electrons. The molecule has 0 saturated carbocycles. The maximum Gasteiger partial charge on any atom is 0.410 e. The van der Waals surface area contributed by atoms with Crippen LogP contribution in [0.15, 0.2) is 18.2 Å². The Kier molecular flexibility index (Phi) is 4.58. The lowest BCUT2D eigenvalue weighted by Gasteiger charge is -2.24. The van der Waals surface area contributed by atoms with Crippen molar-refractivity contribution < 1.29 is 28.2 Å². The van der Waals surface area contributed by atoms with Gasteiger partial charge in [0.05, 0.1) is 5.92 Å². The quantitative estimate of drug-likeness (QED) is 0.907. The topological polar surface area (TPSA) is 66.8 Å². The van der Waals surface area contributed by atoms with Gasteiger partial charge >= 0.3 is 12.1 Å². The van der Waals surface area contributed by atoms with Gasteiger partial charge in [0.25, 0.3) is 0 Å². The zero-order valence-corrected chi connectivity index (χ0v) is 13.2. The van der Waals surface area contributed by atoms with Gasteiger partial charge in [-0.15, -0.1) is 0 Å². The Morgan fingerprint density at radius 3 is 2.48 bits per heavy atom. The molecule has 1 aromatic carbocycles. The summed E-state index contributed by atoms with van der Waals surface area (Å²) < 4.78 is 32.6. The second kappa shape index (κ2) is 6.14. The van der Waals surface area contributed by atoms with Crippen LogP contribution in [-0.2, 0) is 9.53 Å². The summed E-state index contributed by atoms with van der Waals surface area (Å²) in [5.74, 6) is -4.34. The van der Waals surface area contributed by atoms with E-state index in [-0.39, 0.29) is 18.7 Å². The Labute approximate surface area is 132 Å². The number of carboxylic acid groups (broad SMARTS) is 1. The number of aliphatic carboxylic acids is 1. The lowest BCUT2D eigenvalue weighted by molar-refractivity contribution is -0.141. The molecule has 2 atom stereocenters. The van der Waals surface area contributed by atoms with Crippen LogP contribution >= 0.6 is 0 Å². The van der Waals surface area contributed by atoms with Gasteiger partial charge in [-0.2, -0.15) is 0 Å². The molecule has 1 amide bonds. The molecule has 1 fully saturated rings. The molecule has 1 heterocycles. The first-order valence-corrected chi connectivity index (χ1v) is 7.24. The van der Waals surface area contributed by atoms with E-state index in [9.17, 15) is 23.5 Å². The Hall–Kier alpha value is -2.18. The van der Waals surface area contributed by atoms with E-state index < -0.39 is 41.1 Å². The van der Waals surface area contributed by atoms with E-state index in [1.165, 1.54) is 4.90 Å². The van der Waals surface area contributed by atoms with Gasteiger partial charge < -0.3 is 14.7 Å². The number of nitrogens with zero attached hydrogens (tertiary/aromatic N) is 1. The van der Waals surface area contributed by atoms with Crippen LogP contribution in [0, 0.1) is 17.6 Å². The molecule has 0 spiro atoms.